The van der Waals surface area contributed by atoms with Gasteiger partial charge in [0, 0.05) is 11.8 Å². The van der Waals surface area contributed by atoms with E-state index >= 15 is 0 Å². The van der Waals surface area contributed by atoms with Crippen LogP contribution in [0.1, 0.15) is 15.9 Å². The van der Waals surface area contributed by atoms with Gasteiger partial charge >= 0.3 is 0 Å². The molecule has 3 aromatic rings. The predicted octanol–water partition coefficient (Wildman–Crippen LogP) is 3.67. The highest BCUT2D eigenvalue weighted by Crippen LogP contribution is 2.28. The highest BCUT2D eigenvalue weighted by molar-refractivity contribution is 5.86. The van der Waals surface area contributed by atoms with E-state index in [1.54, 1.807) is 18.0 Å². The second kappa shape index (κ2) is 5.85. The fourth-order valence-corrected chi connectivity index (χ4v) is 2.42. The number of methoxy groups -OCH3 is 1. The number of hydrogen-bond donors (Lipinski definition) is 0. The average molecular weight is 292 g/mol. The Morgan fingerprint density at radius 3 is 2.55 bits per heavy atom. The van der Waals surface area contributed by atoms with Gasteiger partial charge in [0.1, 0.15) is 11.4 Å². The number of nitrogens with zero attached hydrogens (tertiary/aromatic N) is 2. The van der Waals surface area contributed by atoms with Crippen molar-refractivity contribution in [1.82, 2.24) is 9.78 Å². The zero-order chi connectivity index (χ0) is 15.5. The predicted molar refractivity (Wildman–Crippen MR) is 85.7 cm³/mol. The third kappa shape index (κ3) is 2.51. The summed E-state index contributed by atoms with van der Waals surface area (Å²) in [5.74, 6) is 0.788. The van der Waals surface area contributed by atoms with Gasteiger partial charge in [-0.25, -0.2) is 4.68 Å². The van der Waals surface area contributed by atoms with Crippen molar-refractivity contribution in [3.63, 3.8) is 0 Å². The van der Waals surface area contributed by atoms with E-state index < -0.39 is 0 Å². The topological polar surface area (TPSA) is 44.1 Å². The number of carbonyl (C=O) groups is 1. The summed E-state index contributed by atoms with van der Waals surface area (Å²) < 4.78 is 6.95. The number of ether oxygens (including phenoxy) is 1. The molecule has 0 unspecified atom stereocenters. The molecule has 0 atom stereocenters. The van der Waals surface area contributed by atoms with E-state index in [0.29, 0.717) is 11.3 Å². The van der Waals surface area contributed by atoms with Crippen molar-refractivity contribution < 1.29 is 9.53 Å². The largest absolute Gasteiger partial charge is 0.497 e. The second-order valence-electron chi connectivity index (χ2n) is 5.01. The van der Waals surface area contributed by atoms with E-state index in [0.717, 1.165) is 28.8 Å². The number of para-hydroxylation sites is 1. The summed E-state index contributed by atoms with van der Waals surface area (Å²) in [4.78, 5) is 11.4. The molecule has 0 fully saturated rings. The van der Waals surface area contributed by atoms with Crippen molar-refractivity contribution in [2.45, 2.75) is 6.92 Å². The maximum absolute atomic E-state index is 11.4. The molecular weight excluding hydrogens is 276 g/mol. The van der Waals surface area contributed by atoms with Gasteiger partial charge in [-0.15, -0.1) is 0 Å². The van der Waals surface area contributed by atoms with Crippen molar-refractivity contribution in [2.75, 3.05) is 7.11 Å². The maximum Gasteiger partial charge on any atom is 0.153 e. The Kier molecular flexibility index (Phi) is 3.74. The fourth-order valence-electron chi connectivity index (χ4n) is 2.42. The van der Waals surface area contributed by atoms with Crippen molar-refractivity contribution in [3.8, 4) is 22.7 Å². The molecule has 0 aliphatic carbocycles. The van der Waals surface area contributed by atoms with Gasteiger partial charge in [0.25, 0.3) is 0 Å². The van der Waals surface area contributed by atoms with Crippen molar-refractivity contribution >= 4 is 6.29 Å². The normalized spacial score (nSPS) is 10.5. The lowest BCUT2D eigenvalue weighted by molar-refractivity contribution is 0.112. The molecule has 0 N–H and O–H groups in total. The highest BCUT2D eigenvalue weighted by Gasteiger charge is 2.14. The Bertz CT molecular complexity index is 807. The van der Waals surface area contributed by atoms with Crippen LogP contribution in [0.4, 0.5) is 0 Å². The van der Waals surface area contributed by atoms with Crippen LogP contribution in [0.3, 0.4) is 0 Å². The van der Waals surface area contributed by atoms with E-state index in [9.17, 15) is 4.79 Å². The standard InChI is InChI=1S/C18H16N2O2/c1-13-10-16(22-2)8-9-17(13)18-14(12-21)11-20(19-18)15-6-4-3-5-7-15/h3-12H,1-2H3. The van der Waals surface area contributed by atoms with Gasteiger partial charge in [-0.3, -0.25) is 4.79 Å². The summed E-state index contributed by atoms with van der Waals surface area (Å²) >= 11 is 0. The second-order valence-corrected chi connectivity index (χ2v) is 5.01. The van der Waals surface area contributed by atoms with E-state index in [-0.39, 0.29) is 0 Å². The summed E-state index contributed by atoms with van der Waals surface area (Å²) in [5, 5.41) is 4.58. The number of benzene rings is 2. The van der Waals surface area contributed by atoms with Crippen molar-refractivity contribution in [2.24, 2.45) is 0 Å². The fraction of sp³-hybridized carbons (Fsp3) is 0.111. The molecule has 0 spiro atoms. The van der Waals surface area contributed by atoms with Gasteiger partial charge in [0.05, 0.1) is 18.4 Å². The first kappa shape index (κ1) is 14.1. The summed E-state index contributed by atoms with van der Waals surface area (Å²) in [7, 11) is 1.63. The summed E-state index contributed by atoms with van der Waals surface area (Å²) in [6, 6.07) is 15.5. The van der Waals surface area contributed by atoms with E-state index in [2.05, 4.69) is 5.10 Å². The van der Waals surface area contributed by atoms with Crippen LogP contribution in [0.2, 0.25) is 0 Å². The molecule has 0 aliphatic rings. The molecular formula is C18H16N2O2. The SMILES string of the molecule is COc1ccc(-c2nn(-c3ccccc3)cc2C=O)c(C)c1. The zero-order valence-electron chi connectivity index (χ0n) is 12.5. The molecule has 3 rings (SSSR count). The Hall–Kier alpha value is -2.88. The Morgan fingerprint density at radius 1 is 1.14 bits per heavy atom. The Labute approximate surface area is 129 Å². The zero-order valence-corrected chi connectivity index (χ0v) is 12.5. The number of hydrogen-bond acceptors (Lipinski definition) is 3. The first-order valence-corrected chi connectivity index (χ1v) is 6.98. The number of aldehydes is 1. The molecule has 0 saturated heterocycles. The molecule has 4 nitrogen and oxygen atoms in total. The van der Waals surface area contributed by atoms with E-state index in [1.807, 2.05) is 55.5 Å². The van der Waals surface area contributed by atoms with Gasteiger partial charge < -0.3 is 4.74 Å². The van der Waals surface area contributed by atoms with Crippen LogP contribution in [0.25, 0.3) is 16.9 Å². The van der Waals surface area contributed by atoms with Gasteiger partial charge in [0.15, 0.2) is 6.29 Å². The molecule has 110 valence electrons. The van der Waals surface area contributed by atoms with Crippen LogP contribution in [0.15, 0.2) is 54.7 Å². The lowest BCUT2D eigenvalue weighted by Crippen LogP contribution is -1.95. The van der Waals surface area contributed by atoms with Crippen LogP contribution >= 0.6 is 0 Å². The van der Waals surface area contributed by atoms with Gasteiger partial charge in [-0.1, -0.05) is 18.2 Å². The first-order chi connectivity index (χ1) is 10.7. The van der Waals surface area contributed by atoms with E-state index in [1.165, 1.54) is 0 Å². The van der Waals surface area contributed by atoms with Gasteiger partial charge in [0.2, 0.25) is 0 Å². The Morgan fingerprint density at radius 2 is 1.91 bits per heavy atom. The molecule has 2 aromatic carbocycles. The van der Waals surface area contributed by atoms with Crippen LogP contribution in [-0.2, 0) is 0 Å². The first-order valence-electron chi connectivity index (χ1n) is 6.98. The highest BCUT2D eigenvalue weighted by atomic mass is 16.5. The summed E-state index contributed by atoms with van der Waals surface area (Å²) in [6.07, 6.45) is 2.59. The number of aryl methyl sites for hydroxylation is 1. The van der Waals surface area contributed by atoms with E-state index in [4.69, 9.17) is 4.74 Å². The molecule has 0 aliphatic heterocycles. The summed E-state index contributed by atoms with van der Waals surface area (Å²) in [5.41, 5.74) is 4.11. The molecule has 4 heteroatoms. The third-order valence-electron chi connectivity index (χ3n) is 3.58. The van der Waals surface area contributed by atoms with Gasteiger partial charge in [-0.2, -0.15) is 5.10 Å². The monoisotopic (exact) mass is 292 g/mol. The smallest absolute Gasteiger partial charge is 0.153 e. The quantitative estimate of drug-likeness (QED) is 0.689. The number of aromatic nitrogens is 2. The summed E-state index contributed by atoms with van der Waals surface area (Å²) in [6.45, 7) is 1.98. The van der Waals surface area contributed by atoms with Crippen molar-refractivity contribution in [1.29, 1.82) is 0 Å². The van der Waals surface area contributed by atoms with Crippen LogP contribution in [0, 0.1) is 6.92 Å². The molecule has 0 radical (unpaired) electrons. The minimum Gasteiger partial charge on any atom is -0.497 e. The molecule has 1 aromatic heterocycles. The lowest BCUT2D eigenvalue weighted by Gasteiger charge is -2.06. The van der Waals surface area contributed by atoms with Crippen molar-refractivity contribution in [3.05, 3.63) is 65.9 Å². The molecule has 0 amide bonds. The minimum atomic E-state index is 0.567. The molecule has 0 saturated carbocycles. The molecule has 22 heavy (non-hydrogen) atoms. The molecule has 0 bridgehead atoms. The third-order valence-corrected chi connectivity index (χ3v) is 3.58. The Balaban J connectivity index is 2.11. The van der Waals surface area contributed by atoms with Crippen LogP contribution < -0.4 is 4.74 Å². The maximum atomic E-state index is 11.4. The van der Waals surface area contributed by atoms with Crippen LogP contribution in [-0.4, -0.2) is 23.2 Å². The molecule has 1 heterocycles. The average Bonchev–Trinajstić information content (AvgIpc) is 2.99. The lowest BCUT2D eigenvalue weighted by atomic mass is 10.0. The number of rotatable bonds is 4. The number of carbonyl (C=O) groups excluding carboxylic acids is 1. The van der Waals surface area contributed by atoms with Crippen LogP contribution in [0.5, 0.6) is 5.75 Å². The van der Waals surface area contributed by atoms with Gasteiger partial charge in [-0.05, 0) is 42.8 Å². The minimum absolute atomic E-state index is 0.567.